The average molecular weight is 282 g/mol. The van der Waals surface area contributed by atoms with Crippen LogP contribution < -0.4 is 5.73 Å². The van der Waals surface area contributed by atoms with Gasteiger partial charge in [-0.25, -0.2) is 0 Å². The summed E-state index contributed by atoms with van der Waals surface area (Å²) in [7, 11) is 0. The van der Waals surface area contributed by atoms with E-state index in [2.05, 4.69) is 4.99 Å². The van der Waals surface area contributed by atoms with Crippen molar-refractivity contribution in [3.8, 4) is 0 Å². The lowest BCUT2D eigenvalue weighted by atomic mass is 9.86. The Morgan fingerprint density at radius 3 is 2.57 bits per heavy atom. The van der Waals surface area contributed by atoms with Gasteiger partial charge in [-0.1, -0.05) is 24.3 Å². The maximum Gasteiger partial charge on any atom is 0.119 e. The normalized spacial score (nSPS) is 20.7. The van der Waals surface area contributed by atoms with Gasteiger partial charge in [-0.15, -0.1) is 0 Å². The number of hydrogen-bond acceptors (Lipinski definition) is 4. The van der Waals surface area contributed by atoms with E-state index in [0.29, 0.717) is 18.7 Å². The number of aliphatic imine (C=N–C) groups is 1. The molecule has 0 saturated heterocycles. The molecule has 3 N–H and O–H groups in total. The van der Waals surface area contributed by atoms with Gasteiger partial charge < -0.3 is 15.3 Å². The highest BCUT2D eigenvalue weighted by Gasteiger charge is 2.33. The van der Waals surface area contributed by atoms with Gasteiger partial charge in [0.05, 0.1) is 6.26 Å². The zero-order chi connectivity index (χ0) is 14.7. The third kappa shape index (κ3) is 2.76. The maximum atomic E-state index is 9.00. The molecular formula is C17H18N2O2. The van der Waals surface area contributed by atoms with Gasteiger partial charge in [-0.3, -0.25) is 4.99 Å². The molecule has 1 aromatic heterocycles. The predicted octanol–water partition coefficient (Wildman–Crippen LogP) is 2.18. The predicted molar refractivity (Wildman–Crippen MR) is 82.1 cm³/mol. The number of nitrogens with two attached hydrogens (primary N) is 1. The van der Waals surface area contributed by atoms with Crippen molar-refractivity contribution in [1.29, 1.82) is 0 Å². The van der Waals surface area contributed by atoms with Crippen molar-refractivity contribution in [2.45, 2.75) is 18.4 Å². The van der Waals surface area contributed by atoms with Crippen LogP contribution in [0.5, 0.6) is 0 Å². The molecule has 2 aromatic rings. The van der Waals surface area contributed by atoms with E-state index < -0.39 is 5.54 Å². The Morgan fingerprint density at radius 2 is 2.00 bits per heavy atom. The van der Waals surface area contributed by atoms with E-state index in [4.69, 9.17) is 15.3 Å². The number of amidine groups is 1. The molecule has 1 atom stereocenters. The van der Waals surface area contributed by atoms with Gasteiger partial charge in [0, 0.05) is 13.0 Å². The van der Waals surface area contributed by atoms with Gasteiger partial charge in [0.1, 0.15) is 17.1 Å². The van der Waals surface area contributed by atoms with E-state index in [0.717, 1.165) is 16.9 Å². The first-order chi connectivity index (χ1) is 10.2. The Hall–Kier alpha value is -2.33. The van der Waals surface area contributed by atoms with E-state index >= 15 is 0 Å². The fourth-order valence-electron chi connectivity index (χ4n) is 2.66. The topological polar surface area (TPSA) is 71.8 Å². The molecule has 1 unspecified atom stereocenters. The van der Waals surface area contributed by atoms with Gasteiger partial charge in [0.2, 0.25) is 0 Å². The molecule has 0 radical (unpaired) electrons. The summed E-state index contributed by atoms with van der Waals surface area (Å²) in [5, 5.41) is 9.00. The Morgan fingerprint density at radius 1 is 1.19 bits per heavy atom. The second-order valence-corrected chi connectivity index (χ2v) is 5.22. The van der Waals surface area contributed by atoms with Gasteiger partial charge >= 0.3 is 0 Å². The van der Waals surface area contributed by atoms with Crippen molar-refractivity contribution < 1.29 is 9.52 Å². The standard InChI is InChI=1S/C17H18N2O2/c18-16-7-9-17(19-16,12-15-2-1-11-21-15)14-5-3-13(4-6-14)8-10-20/h1-7,9,11,20H,8,10,12H2,(H2,18,19). The van der Waals surface area contributed by atoms with Gasteiger partial charge in [0.15, 0.2) is 0 Å². The summed E-state index contributed by atoms with van der Waals surface area (Å²) in [6.07, 6.45) is 6.82. The molecule has 0 fully saturated rings. The Bertz CT molecular complexity index is 657. The molecule has 1 aliphatic heterocycles. The highest BCUT2D eigenvalue weighted by molar-refractivity contribution is 5.94. The lowest BCUT2D eigenvalue weighted by Crippen LogP contribution is -2.23. The summed E-state index contributed by atoms with van der Waals surface area (Å²) in [4.78, 5) is 4.61. The van der Waals surface area contributed by atoms with E-state index in [1.165, 1.54) is 0 Å². The molecule has 21 heavy (non-hydrogen) atoms. The van der Waals surface area contributed by atoms with Gasteiger partial charge in [0.25, 0.3) is 0 Å². The molecule has 3 rings (SSSR count). The SMILES string of the molecule is NC1=NC(Cc2ccco2)(c2ccc(CCO)cc2)C=C1. The van der Waals surface area contributed by atoms with Gasteiger partial charge in [-0.05, 0) is 41.8 Å². The summed E-state index contributed by atoms with van der Waals surface area (Å²) in [5.74, 6) is 1.40. The Labute approximate surface area is 123 Å². The minimum atomic E-state index is -0.500. The lowest BCUT2D eigenvalue weighted by molar-refractivity contribution is 0.299. The van der Waals surface area contributed by atoms with Crippen LogP contribution in [0.3, 0.4) is 0 Å². The molecule has 0 amide bonds. The van der Waals surface area contributed by atoms with Crippen molar-refractivity contribution in [1.82, 2.24) is 0 Å². The third-order valence-electron chi connectivity index (χ3n) is 3.74. The summed E-state index contributed by atoms with van der Waals surface area (Å²) in [5.41, 5.74) is 7.53. The van der Waals surface area contributed by atoms with E-state index in [1.54, 1.807) is 6.26 Å². The van der Waals surface area contributed by atoms with E-state index in [-0.39, 0.29) is 6.61 Å². The zero-order valence-corrected chi connectivity index (χ0v) is 11.7. The highest BCUT2D eigenvalue weighted by atomic mass is 16.3. The first-order valence-corrected chi connectivity index (χ1v) is 6.99. The second kappa shape index (κ2) is 5.58. The van der Waals surface area contributed by atoms with Crippen molar-refractivity contribution >= 4 is 5.84 Å². The summed E-state index contributed by atoms with van der Waals surface area (Å²) >= 11 is 0. The largest absolute Gasteiger partial charge is 0.469 e. The molecule has 4 heteroatoms. The molecule has 4 nitrogen and oxygen atoms in total. The number of rotatable bonds is 5. The van der Waals surface area contributed by atoms with Crippen molar-refractivity contribution in [2.24, 2.45) is 10.7 Å². The van der Waals surface area contributed by atoms with Crippen LogP contribution in [0.25, 0.3) is 0 Å². The van der Waals surface area contributed by atoms with Crippen molar-refractivity contribution in [2.75, 3.05) is 6.61 Å². The van der Waals surface area contributed by atoms with Crippen LogP contribution in [0.15, 0.2) is 64.2 Å². The Balaban J connectivity index is 1.94. The average Bonchev–Trinajstić information content (AvgIpc) is 3.11. The molecule has 1 aliphatic rings. The van der Waals surface area contributed by atoms with E-state index in [1.807, 2.05) is 48.6 Å². The summed E-state index contributed by atoms with van der Waals surface area (Å²) < 4.78 is 5.46. The minimum Gasteiger partial charge on any atom is -0.469 e. The van der Waals surface area contributed by atoms with E-state index in [9.17, 15) is 0 Å². The molecule has 0 aliphatic carbocycles. The van der Waals surface area contributed by atoms with Crippen LogP contribution in [0, 0.1) is 0 Å². The molecule has 108 valence electrons. The summed E-state index contributed by atoms with van der Waals surface area (Å²) in [6, 6.07) is 11.9. The molecule has 0 spiro atoms. The number of aliphatic hydroxyl groups is 1. The minimum absolute atomic E-state index is 0.155. The second-order valence-electron chi connectivity index (χ2n) is 5.22. The smallest absolute Gasteiger partial charge is 0.119 e. The fraction of sp³-hybridized carbons (Fsp3) is 0.235. The van der Waals surface area contributed by atoms with Gasteiger partial charge in [-0.2, -0.15) is 0 Å². The molecule has 0 saturated carbocycles. The van der Waals surface area contributed by atoms with Crippen LogP contribution in [0.1, 0.15) is 16.9 Å². The van der Waals surface area contributed by atoms with Crippen LogP contribution in [-0.4, -0.2) is 17.5 Å². The number of benzene rings is 1. The molecule has 2 heterocycles. The van der Waals surface area contributed by atoms with Crippen LogP contribution in [0.2, 0.25) is 0 Å². The van der Waals surface area contributed by atoms with Crippen LogP contribution in [0.4, 0.5) is 0 Å². The first kappa shape index (κ1) is 13.6. The third-order valence-corrected chi connectivity index (χ3v) is 3.74. The maximum absolute atomic E-state index is 9.00. The lowest BCUT2D eigenvalue weighted by Gasteiger charge is -2.24. The highest BCUT2D eigenvalue weighted by Crippen LogP contribution is 2.35. The number of hydrogen-bond donors (Lipinski definition) is 2. The number of nitrogens with zero attached hydrogens (tertiary/aromatic N) is 1. The number of aliphatic hydroxyl groups excluding tert-OH is 1. The quantitative estimate of drug-likeness (QED) is 0.883. The van der Waals surface area contributed by atoms with Crippen molar-refractivity contribution in [3.05, 3.63) is 71.7 Å². The molecular weight excluding hydrogens is 264 g/mol. The molecule has 0 bridgehead atoms. The monoisotopic (exact) mass is 282 g/mol. The summed E-state index contributed by atoms with van der Waals surface area (Å²) in [6.45, 7) is 0.155. The van der Waals surface area contributed by atoms with Crippen LogP contribution in [-0.2, 0) is 18.4 Å². The first-order valence-electron chi connectivity index (χ1n) is 6.99. The Kier molecular flexibility index (Phi) is 3.62. The molecule has 1 aromatic carbocycles. The van der Waals surface area contributed by atoms with Crippen LogP contribution >= 0.6 is 0 Å². The fourth-order valence-corrected chi connectivity index (χ4v) is 2.66. The van der Waals surface area contributed by atoms with Crippen molar-refractivity contribution in [3.63, 3.8) is 0 Å². The zero-order valence-electron chi connectivity index (χ0n) is 11.7. The number of furan rings is 1.